The monoisotopic (exact) mass is 520 g/mol. The van der Waals surface area contributed by atoms with Gasteiger partial charge in [-0.1, -0.05) is 37.3 Å². The number of likely N-dealkylation sites (tertiary alicyclic amines) is 1. The molecule has 0 aromatic heterocycles. The van der Waals surface area contributed by atoms with Crippen molar-refractivity contribution in [2.24, 2.45) is 5.41 Å². The highest BCUT2D eigenvalue weighted by molar-refractivity contribution is 5.83. The largest absolute Gasteiger partial charge is 0.426 e. The van der Waals surface area contributed by atoms with E-state index in [1.165, 1.54) is 24.3 Å². The lowest BCUT2D eigenvalue weighted by Crippen LogP contribution is -2.54. The lowest BCUT2D eigenvalue weighted by atomic mass is 9.63. The smallest absolute Gasteiger partial charge is 0.338 e. The zero-order chi connectivity index (χ0) is 26.6. The Morgan fingerprint density at radius 1 is 1.05 bits per heavy atom. The predicted molar refractivity (Wildman–Crippen MR) is 131 cm³/mol. The van der Waals surface area contributed by atoms with Crippen molar-refractivity contribution >= 4 is 5.91 Å². The number of hydrogen-bond donors (Lipinski definition) is 1. The lowest BCUT2D eigenvalue weighted by Gasteiger charge is -2.46. The molecule has 1 amide bonds. The zero-order valence-electron chi connectivity index (χ0n) is 21.2. The minimum absolute atomic E-state index is 0.130. The standard InChI is InChI=1S/C29H33F5N2O/c1-26(11-14-35-15-12-26)25(37)36-16-13-28(18-19-3-7-22(30)8-4-19)23-9-6-21(27(2,31)29(32,33)34)17-20(23)5-10-24(28)36/h3-4,6-9,17,24,35H,5,10-16,18H2,1-2H3/t24-,27?,28-/m1/s1. The maximum atomic E-state index is 14.8. The van der Waals surface area contributed by atoms with Gasteiger partial charge in [-0.3, -0.25) is 4.79 Å². The van der Waals surface area contributed by atoms with Crippen LogP contribution in [0.3, 0.4) is 0 Å². The summed E-state index contributed by atoms with van der Waals surface area (Å²) in [5.41, 5.74) is -2.37. The van der Waals surface area contributed by atoms with Crippen LogP contribution in [-0.2, 0) is 28.7 Å². The van der Waals surface area contributed by atoms with Crippen LogP contribution in [0.4, 0.5) is 22.0 Å². The Morgan fingerprint density at radius 2 is 1.73 bits per heavy atom. The van der Waals surface area contributed by atoms with Crippen molar-refractivity contribution < 1.29 is 26.7 Å². The molecule has 2 aromatic carbocycles. The first-order chi connectivity index (χ1) is 17.4. The molecule has 2 aromatic rings. The molecular weight excluding hydrogens is 487 g/mol. The van der Waals surface area contributed by atoms with Crippen molar-refractivity contribution in [1.82, 2.24) is 10.2 Å². The van der Waals surface area contributed by atoms with Crippen LogP contribution in [0.15, 0.2) is 42.5 Å². The molecule has 0 radical (unpaired) electrons. The summed E-state index contributed by atoms with van der Waals surface area (Å²) in [6.45, 7) is 4.71. The lowest BCUT2D eigenvalue weighted by molar-refractivity contribution is -0.228. The first kappa shape index (κ1) is 26.1. The third-order valence-corrected chi connectivity index (χ3v) is 9.13. The number of amides is 1. The van der Waals surface area contributed by atoms with Crippen molar-refractivity contribution in [3.63, 3.8) is 0 Å². The van der Waals surface area contributed by atoms with Gasteiger partial charge in [0.05, 0.1) is 0 Å². The number of piperidine rings is 1. The first-order valence-corrected chi connectivity index (χ1v) is 13.0. The molecule has 0 saturated carbocycles. The highest BCUT2D eigenvalue weighted by Gasteiger charge is 2.56. The average molecular weight is 521 g/mol. The molecule has 1 N–H and O–H groups in total. The Kier molecular flexibility index (Phi) is 6.41. The maximum Gasteiger partial charge on any atom is 0.426 e. The Labute approximate surface area is 214 Å². The third kappa shape index (κ3) is 4.35. The van der Waals surface area contributed by atoms with Gasteiger partial charge in [-0.25, -0.2) is 8.78 Å². The number of benzene rings is 2. The fourth-order valence-electron chi connectivity index (χ4n) is 6.77. The van der Waals surface area contributed by atoms with E-state index in [1.807, 2.05) is 11.8 Å². The van der Waals surface area contributed by atoms with E-state index in [0.717, 1.165) is 37.1 Å². The number of halogens is 5. The van der Waals surface area contributed by atoms with Crippen LogP contribution in [0.5, 0.6) is 0 Å². The molecule has 8 heteroatoms. The predicted octanol–water partition coefficient (Wildman–Crippen LogP) is 5.99. The van der Waals surface area contributed by atoms with Gasteiger partial charge in [0.2, 0.25) is 11.6 Å². The van der Waals surface area contributed by atoms with Gasteiger partial charge in [-0.2, -0.15) is 13.2 Å². The van der Waals surface area contributed by atoms with Gasteiger partial charge in [0.1, 0.15) is 5.82 Å². The summed E-state index contributed by atoms with van der Waals surface area (Å²) in [5.74, 6) is -0.212. The molecule has 3 nitrogen and oxygen atoms in total. The number of fused-ring (bicyclic) bond motifs is 3. The molecule has 1 unspecified atom stereocenters. The first-order valence-electron chi connectivity index (χ1n) is 13.0. The second-order valence-electron chi connectivity index (χ2n) is 11.4. The maximum absolute atomic E-state index is 14.8. The molecule has 2 saturated heterocycles. The number of carbonyl (C=O) groups excluding carboxylic acids is 1. The number of aryl methyl sites for hydroxylation is 1. The van der Waals surface area contributed by atoms with Crippen molar-refractivity contribution in [3.05, 3.63) is 70.5 Å². The van der Waals surface area contributed by atoms with Crippen LogP contribution in [0, 0.1) is 11.2 Å². The van der Waals surface area contributed by atoms with Gasteiger partial charge in [0.15, 0.2) is 0 Å². The van der Waals surface area contributed by atoms with Crippen LogP contribution >= 0.6 is 0 Å². The van der Waals surface area contributed by atoms with Gasteiger partial charge >= 0.3 is 6.18 Å². The van der Waals surface area contributed by atoms with Gasteiger partial charge in [0.25, 0.3) is 0 Å². The van der Waals surface area contributed by atoms with E-state index in [4.69, 9.17) is 0 Å². The molecule has 3 aliphatic rings. The van der Waals surface area contributed by atoms with Crippen molar-refractivity contribution in [2.45, 2.75) is 75.7 Å². The average Bonchev–Trinajstić information content (AvgIpc) is 3.23. The SMILES string of the molecule is CC1(C(=O)N2CC[C@@]3(Cc4ccc(F)cc4)c4ccc(C(C)(F)C(F)(F)F)cc4CC[C@@H]23)CCNCC1. The Morgan fingerprint density at radius 3 is 2.38 bits per heavy atom. The van der Waals surface area contributed by atoms with Crippen LogP contribution in [0.25, 0.3) is 0 Å². The Balaban J connectivity index is 1.56. The highest BCUT2D eigenvalue weighted by atomic mass is 19.4. The number of hydrogen-bond acceptors (Lipinski definition) is 2. The quantitative estimate of drug-likeness (QED) is 0.503. The molecule has 0 bridgehead atoms. The zero-order valence-corrected chi connectivity index (χ0v) is 21.2. The Bertz CT molecular complexity index is 1170. The molecule has 5 rings (SSSR count). The molecule has 2 fully saturated rings. The van der Waals surface area contributed by atoms with E-state index in [0.29, 0.717) is 44.7 Å². The molecule has 37 heavy (non-hydrogen) atoms. The third-order valence-electron chi connectivity index (χ3n) is 9.13. The summed E-state index contributed by atoms with van der Waals surface area (Å²) >= 11 is 0. The number of carbonyl (C=O) groups is 1. The number of nitrogens with one attached hydrogen (secondary N) is 1. The molecule has 1 aliphatic carbocycles. The van der Waals surface area contributed by atoms with E-state index < -0.39 is 28.2 Å². The molecular formula is C29H33F5N2O. The fraction of sp³-hybridized carbons (Fsp3) is 0.552. The van der Waals surface area contributed by atoms with E-state index in [1.54, 1.807) is 18.2 Å². The van der Waals surface area contributed by atoms with Crippen LogP contribution < -0.4 is 5.32 Å². The van der Waals surface area contributed by atoms with Crippen molar-refractivity contribution in [3.8, 4) is 0 Å². The summed E-state index contributed by atoms with van der Waals surface area (Å²) in [4.78, 5) is 15.9. The summed E-state index contributed by atoms with van der Waals surface area (Å²) < 4.78 is 68.9. The van der Waals surface area contributed by atoms with Crippen LogP contribution in [-0.4, -0.2) is 42.7 Å². The van der Waals surface area contributed by atoms with E-state index in [2.05, 4.69) is 5.32 Å². The number of rotatable bonds is 4. The highest BCUT2D eigenvalue weighted by Crippen LogP contribution is 2.52. The van der Waals surface area contributed by atoms with Crippen molar-refractivity contribution in [2.75, 3.05) is 19.6 Å². The number of nitrogens with zero attached hydrogens (tertiary/aromatic N) is 1. The second-order valence-corrected chi connectivity index (χ2v) is 11.4. The van der Waals surface area contributed by atoms with E-state index >= 15 is 0 Å². The summed E-state index contributed by atoms with van der Waals surface area (Å²) in [5, 5.41) is 3.32. The summed E-state index contributed by atoms with van der Waals surface area (Å²) in [6.07, 6.45) is -1.28. The molecule has 2 heterocycles. The molecule has 2 aliphatic heterocycles. The van der Waals surface area contributed by atoms with Gasteiger partial charge in [0, 0.05) is 23.4 Å². The van der Waals surface area contributed by atoms with E-state index in [9.17, 15) is 26.7 Å². The second kappa shape index (κ2) is 9.07. The van der Waals surface area contributed by atoms with Gasteiger partial charge in [-0.15, -0.1) is 0 Å². The summed E-state index contributed by atoms with van der Waals surface area (Å²) in [7, 11) is 0. The van der Waals surface area contributed by atoms with Crippen molar-refractivity contribution in [1.29, 1.82) is 0 Å². The molecule has 200 valence electrons. The van der Waals surface area contributed by atoms with Gasteiger partial charge < -0.3 is 10.2 Å². The minimum atomic E-state index is -5.02. The number of alkyl halides is 4. The summed E-state index contributed by atoms with van der Waals surface area (Å²) in [6, 6.07) is 10.4. The normalized spacial score (nSPS) is 26.8. The topological polar surface area (TPSA) is 32.3 Å². The van der Waals surface area contributed by atoms with Gasteiger partial charge in [-0.05, 0) is 92.9 Å². The van der Waals surface area contributed by atoms with Crippen LogP contribution in [0.1, 0.15) is 61.8 Å². The fourth-order valence-corrected chi connectivity index (χ4v) is 6.77. The molecule has 0 spiro atoms. The van der Waals surface area contributed by atoms with Crippen LogP contribution in [0.2, 0.25) is 0 Å². The van der Waals surface area contributed by atoms with E-state index in [-0.39, 0.29) is 17.8 Å². The Hall–Kier alpha value is -2.48. The minimum Gasteiger partial charge on any atom is -0.338 e. The molecule has 3 atom stereocenters.